The first-order valence-corrected chi connectivity index (χ1v) is 13.3. The molecular weight excluding hydrogens is 528 g/mol. The van der Waals surface area contributed by atoms with E-state index in [1.807, 2.05) is 74.5 Å². The predicted molar refractivity (Wildman–Crippen MR) is 152 cm³/mol. The van der Waals surface area contributed by atoms with Gasteiger partial charge < -0.3 is 28.4 Å². The molecule has 218 valence electrons. The molecule has 0 N–H and O–H groups in total. The monoisotopic (exact) mass is 564 g/mol. The molecule has 10 nitrogen and oxygen atoms in total. The minimum atomic E-state index is -1.15. The van der Waals surface area contributed by atoms with Crippen LogP contribution in [0.1, 0.15) is 34.9 Å². The van der Waals surface area contributed by atoms with E-state index in [9.17, 15) is 9.59 Å². The lowest BCUT2D eigenvalue weighted by molar-refractivity contribution is -0.147. The highest BCUT2D eigenvalue weighted by molar-refractivity contribution is 5.88. The van der Waals surface area contributed by atoms with Crippen LogP contribution >= 0.6 is 0 Å². The zero-order valence-electron chi connectivity index (χ0n) is 23.6. The molecule has 0 fully saturated rings. The number of benzene rings is 2. The van der Waals surface area contributed by atoms with Crippen molar-refractivity contribution in [1.29, 1.82) is 0 Å². The Bertz CT molecular complexity index is 1250. The van der Waals surface area contributed by atoms with Crippen LogP contribution in [0.2, 0.25) is 0 Å². The Labute approximate surface area is 240 Å². The van der Waals surface area contributed by atoms with E-state index < -0.39 is 18.2 Å². The highest BCUT2D eigenvalue weighted by atomic mass is 16.7. The van der Waals surface area contributed by atoms with E-state index in [1.165, 1.54) is 13.3 Å². The number of esters is 1. The number of carbonyl (C=O) groups is 2. The lowest BCUT2D eigenvalue weighted by Gasteiger charge is -2.16. The standard InChI is InChI=1S/C31H36N2O8/c1-4-37-15-16-39-29-23(2)32-17-26(21-38-19-24-11-7-5-8-12-24)27(29)18-33-28(22-41-31(35)36-3)30(34)40-20-25-13-9-6-10-14-25/h5-14,17-18,28H,4,15-16,19-22H2,1-3H3. The van der Waals surface area contributed by atoms with Crippen molar-refractivity contribution >= 4 is 18.3 Å². The van der Waals surface area contributed by atoms with Gasteiger partial charge in [0, 0.05) is 30.1 Å². The Kier molecular flexibility index (Phi) is 13.3. The summed E-state index contributed by atoms with van der Waals surface area (Å²) in [6.07, 6.45) is 2.25. The molecule has 41 heavy (non-hydrogen) atoms. The zero-order chi connectivity index (χ0) is 29.3. The second-order valence-corrected chi connectivity index (χ2v) is 8.79. The van der Waals surface area contributed by atoms with Gasteiger partial charge in [0.25, 0.3) is 0 Å². The van der Waals surface area contributed by atoms with Crippen molar-refractivity contribution in [2.24, 2.45) is 4.99 Å². The molecular formula is C31H36N2O8. The normalized spacial score (nSPS) is 11.7. The van der Waals surface area contributed by atoms with E-state index in [2.05, 4.69) is 14.7 Å². The number of carbonyl (C=O) groups excluding carboxylic acids is 2. The summed E-state index contributed by atoms with van der Waals surface area (Å²) < 4.78 is 32.5. The van der Waals surface area contributed by atoms with Crippen LogP contribution in [-0.2, 0) is 48.3 Å². The number of aliphatic imine (C=N–C) groups is 1. The third kappa shape index (κ3) is 10.7. The number of ether oxygens (including phenoxy) is 6. The molecule has 1 unspecified atom stereocenters. The molecule has 0 saturated heterocycles. The Morgan fingerprint density at radius 2 is 1.59 bits per heavy atom. The number of aryl methyl sites for hydroxylation is 1. The van der Waals surface area contributed by atoms with Gasteiger partial charge in [0.1, 0.15) is 25.6 Å². The summed E-state index contributed by atoms with van der Waals surface area (Å²) in [5.41, 5.74) is 3.75. The number of pyridine rings is 1. The third-order valence-electron chi connectivity index (χ3n) is 5.79. The average molecular weight is 565 g/mol. The Balaban J connectivity index is 1.84. The summed E-state index contributed by atoms with van der Waals surface area (Å²) in [6, 6.07) is 17.9. The van der Waals surface area contributed by atoms with Crippen molar-refractivity contribution in [1.82, 2.24) is 4.98 Å². The molecule has 0 radical (unpaired) electrons. The van der Waals surface area contributed by atoms with Crippen molar-refractivity contribution in [3.05, 3.63) is 94.8 Å². The van der Waals surface area contributed by atoms with Crippen LogP contribution in [-0.4, -0.2) is 62.9 Å². The van der Waals surface area contributed by atoms with Crippen LogP contribution in [0.5, 0.6) is 5.75 Å². The van der Waals surface area contributed by atoms with E-state index in [0.29, 0.717) is 49.0 Å². The Morgan fingerprint density at radius 1 is 0.902 bits per heavy atom. The molecule has 1 aromatic heterocycles. The summed E-state index contributed by atoms with van der Waals surface area (Å²) in [5, 5.41) is 0. The molecule has 1 heterocycles. The van der Waals surface area contributed by atoms with Gasteiger partial charge in [-0.05, 0) is 25.0 Å². The average Bonchev–Trinajstić information content (AvgIpc) is 3.00. The fourth-order valence-electron chi connectivity index (χ4n) is 3.65. The van der Waals surface area contributed by atoms with Crippen molar-refractivity contribution in [2.45, 2.75) is 39.7 Å². The van der Waals surface area contributed by atoms with Gasteiger partial charge in [0.2, 0.25) is 0 Å². The largest absolute Gasteiger partial charge is 0.508 e. The molecule has 1 atom stereocenters. The zero-order valence-corrected chi connectivity index (χ0v) is 23.6. The van der Waals surface area contributed by atoms with Gasteiger partial charge >= 0.3 is 12.1 Å². The van der Waals surface area contributed by atoms with Crippen molar-refractivity contribution < 1.29 is 38.0 Å². The summed E-state index contributed by atoms with van der Waals surface area (Å²) in [4.78, 5) is 33.6. The number of hydrogen-bond donors (Lipinski definition) is 0. The highest BCUT2D eigenvalue weighted by Crippen LogP contribution is 2.25. The quantitative estimate of drug-likeness (QED) is 0.137. The second-order valence-electron chi connectivity index (χ2n) is 8.79. The molecule has 0 aliphatic carbocycles. The van der Waals surface area contributed by atoms with E-state index in [1.54, 1.807) is 6.20 Å². The summed E-state index contributed by atoms with van der Waals surface area (Å²) in [6.45, 7) is 5.25. The molecule has 3 rings (SSSR count). The molecule has 2 aromatic carbocycles. The predicted octanol–water partition coefficient (Wildman–Crippen LogP) is 4.84. The number of rotatable bonds is 16. The number of nitrogens with zero attached hydrogens (tertiary/aromatic N) is 2. The molecule has 0 aliphatic heterocycles. The number of methoxy groups -OCH3 is 1. The highest BCUT2D eigenvalue weighted by Gasteiger charge is 2.22. The fourth-order valence-corrected chi connectivity index (χ4v) is 3.65. The Hall–Kier alpha value is -4.28. The topological polar surface area (TPSA) is 115 Å². The maximum atomic E-state index is 13.0. The van der Waals surface area contributed by atoms with Gasteiger partial charge in [-0.3, -0.25) is 9.98 Å². The molecule has 0 bridgehead atoms. The number of hydrogen-bond acceptors (Lipinski definition) is 10. The first kappa shape index (κ1) is 31.3. The van der Waals surface area contributed by atoms with Gasteiger partial charge in [-0.1, -0.05) is 60.7 Å². The van der Waals surface area contributed by atoms with Crippen LogP contribution in [0.3, 0.4) is 0 Å². The smallest absolute Gasteiger partial charge is 0.489 e. The SMILES string of the molecule is CCOCCOc1c(C)ncc(COCc2ccccc2)c1C=NC(COC(=O)OC)C(=O)OCc1ccccc1. The maximum absolute atomic E-state index is 13.0. The van der Waals surface area contributed by atoms with Crippen molar-refractivity contribution in [2.75, 3.05) is 33.5 Å². The molecule has 3 aromatic rings. The van der Waals surface area contributed by atoms with Crippen molar-refractivity contribution in [3.8, 4) is 5.75 Å². The molecule has 0 amide bonds. The molecule has 0 spiro atoms. The second kappa shape index (κ2) is 17.4. The Morgan fingerprint density at radius 3 is 2.24 bits per heavy atom. The van der Waals surface area contributed by atoms with Gasteiger partial charge in [0.15, 0.2) is 6.04 Å². The van der Waals surface area contributed by atoms with Crippen LogP contribution in [0.25, 0.3) is 0 Å². The van der Waals surface area contributed by atoms with Crippen LogP contribution in [0.4, 0.5) is 4.79 Å². The fraction of sp³-hybridized carbons (Fsp3) is 0.355. The molecule has 10 heteroatoms. The third-order valence-corrected chi connectivity index (χ3v) is 5.79. The van der Waals surface area contributed by atoms with Crippen LogP contribution in [0, 0.1) is 6.92 Å². The van der Waals surface area contributed by atoms with Gasteiger partial charge in [0.05, 0.1) is 32.6 Å². The summed E-state index contributed by atoms with van der Waals surface area (Å²) in [7, 11) is 1.18. The van der Waals surface area contributed by atoms with E-state index >= 15 is 0 Å². The maximum Gasteiger partial charge on any atom is 0.508 e. The minimum absolute atomic E-state index is 0.0443. The van der Waals surface area contributed by atoms with Gasteiger partial charge in [-0.15, -0.1) is 0 Å². The van der Waals surface area contributed by atoms with Crippen LogP contribution in [0.15, 0.2) is 71.9 Å². The lowest BCUT2D eigenvalue weighted by atomic mass is 10.1. The summed E-state index contributed by atoms with van der Waals surface area (Å²) in [5.74, 6) is -0.181. The van der Waals surface area contributed by atoms with E-state index in [0.717, 1.165) is 11.1 Å². The summed E-state index contributed by atoms with van der Waals surface area (Å²) >= 11 is 0. The number of aromatic nitrogens is 1. The minimum Gasteiger partial charge on any atom is -0.489 e. The van der Waals surface area contributed by atoms with Gasteiger partial charge in [-0.25, -0.2) is 9.59 Å². The first-order valence-electron chi connectivity index (χ1n) is 13.3. The molecule has 0 saturated carbocycles. The molecule has 0 aliphatic rings. The van der Waals surface area contributed by atoms with E-state index in [-0.39, 0.29) is 19.8 Å². The van der Waals surface area contributed by atoms with E-state index in [4.69, 9.17) is 23.7 Å². The lowest BCUT2D eigenvalue weighted by Crippen LogP contribution is -2.28. The van der Waals surface area contributed by atoms with Gasteiger partial charge in [-0.2, -0.15) is 0 Å². The van der Waals surface area contributed by atoms with Crippen molar-refractivity contribution in [3.63, 3.8) is 0 Å². The first-order chi connectivity index (χ1) is 20.0. The van der Waals surface area contributed by atoms with Crippen LogP contribution < -0.4 is 4.74 Å².